The van der Waals surface area contributed by atoms with Gasteiger partial charge in [0.15, 0.2) is 0 Å². The first-order chi connectivity index (χ1) is 10.2. The van der Waals surface area contributed by atoms with Gasteiger partial charge in [-0.2, -0.15) is 0 Å². The van der Waals surface area contributed by atoms with E-state index in [-0.39, 0.29) is 0 Å². The Morgan fingerprint density at radius 2 is 2.05 bits per heavy atom. The summed E-state index contributed by atoms with van der Waals surface area (Å²) in [5.41, 5.74) is 1.22. The average molecular weight is 294 g/mol. The minimum absolute atomic E-state index is 0.431. The van der Waals surface area contributed by atoms with Crippen LogP contribution in [0.1, 0.15) is 46.1 Å². The molecule has 120 valence electrons. The molecule has 0 aliphatic carbocycles. The van der Waals surface area contributed by atoms with Crippen LogP contribution in [0.2, 0.25) is 0 Å². The van der Waals surface area contributed by atoms with Crippen molar-refractivity contribution >= 4 is 11.6 Å². The van der Waals surface area contributed by atoms with Crippen molar-refractivity contribution < 1.29 is 4.74 Å². The molecule has 1 N–H and O–H groups in total. The van der Waals surface area contributed by atoms with Gasteiger partial charge in [-0.05, 0) is 26.7 Å². The first-order valence-corrected chi connectivity index (χ1v) is 8.02. The van der Waals surface area contributed by atoms with Crippen LogP contribution >= 0.6 is 0 Å². The predicted molar refractivity (Wildman–Crippen MR) is 89.2 cm³/mol. The number of aromatic nitrogens is 2. The van der Waals surface area contributed by atoms with Crippen LogP contribution in [0.4, 0.5) is 11.6 Å². The molecule has 0 saturated heterocycles. The third-order valence-corrected chi connectivity index (χ3v) is 3.70. The van der Waals surface area contributed by atoms with Crippen LogP contribution in [0.15, 0.2) is 6.33 Å². The molecule has 21 heavy (non-hydrogen) atoms. The Morgan fingerprint density at radius 3 is 2.62 bits per heavy atom. The summed E-state index contributed by atoms with van der Waals surface area (Å²) in [4.78, 5) is 11.3. The summed E-state index contributed by atoms with van der Waals surface area (Å²) >= 11 is 0. The summed E-state index contributed by atoms with van der Waals surface area (Å²) in [6, 6.07) is 0.431. The maximum Gasteiger partial charge on any atom is 0.137 e. The Labute approximate surface area is 129 Å². The van der Waals surface area contributed by atoms with Crippen molar-refractivity contribution in [1.82, 2.24) is 9.97 Å². The molecule has 0 spiro atoms. The molecule has 0 amide bonds. The molecular formula is C16H30N4O. The van der Waals surface area contributed by atoms with Crippen LogP contribution < -0.4 is 10.2 Å². The summed E-state index contributed by atoms with van der Waals surface area (Å²) in [5, 5.41) is 3.36. The standard InChI is InChI=1S/C16H30N4O/c1-6-9-14-15(17-8-3)18-12-19-16(14)20(10-11-21-5)13(4)7-2/h12-13H,6-11H2,1-5H3,(H,17,18,19). The number of hydrogen-bond acceptors (Lipinski definition) is 5. The van der Waals surface area contributed by atoms with Crippen molar-refractivity contribution in [3.05, 3.63) is 11.9 Å². The fraction of sp³-hybridized carbons (Fsp3) is 0.750. The van der Waals surface area contributed by atoms with E-state index < -0.39 is 0 Å². The van der Waals surface area contributed by atoms with E-state index in [1.54, 1.807) is 13.4 Å². The van der Waals surface area contributed by atoms with E-state index in [4.69, 9.17) is 4.74 Å². The first-order valence-electron chi connectivity index (χ1n) is 8.02. The summed E-state index contributed by atoms with van der Waals surface area (Å²) in [7, 11) is 1.74. The lowest BCUT2D eigenvalue weighted by Gasteiger charge is -2.31. The molecule has 1 aromatic heterocycles. The fourth-order valence-electron chi connectivity index (χ4n) is 2.40. The van der Waals surface area contributed by atoms with Gasteiger partial charge in [-0.1, -0.05) is 20.3 Å². The molecule has 0 aromatic carbocycles. The molecular weight excluding hydrogens is 264 g/mol. The lowest BCUT2D eigenvalue weighted by molar-refractivity contribution is 0.203. The minimum Gasteiger partial charge on any atom is -0.383 e. The zero-order valence-corrected chi connectivity index (χ0v) is 14.1. The number of anilines is 2. The van der Waals surface area contributed by atoms with Gasteiger partial charge in [0.05, 0.1) is 6.61 Å². The zero-order chi connectivity index (χ0) is 15.7. The Morgan fingerprint density at radius 1 is 1.29 bits per heavy atom. The molecule has 5 heteroatoms. The normalized spacial score (nSPS) is 12.2. The predicted octanol–water partition coefficient (Wildman–Crippen LogP) is 3.11. The van der Waals surface area contributed by atoms with Crippen LogP contribution in [0, 0.1) is 0 Å². The number of hydrogen-bond donors (Lipinski definition) is 1. The number of ether oxygens (including phenoxy) is 1. The van der Waals surface area contributed by atoms with Crippen molar-refractivity contribution in [2.24, 2.45) is 0 Å². The number of methoxy groups -OCH3 is 1. The molecule has 0 aliphatic heterocycles. The van der Waals surface area contributed by atoms with E-state index in [0.717, 1.165) is 44.0 Å². The first kappa shape index (κ1) is 17.7. The molecule has 1 aromatic rings. The SMILES string of the molecule is CCCc1c(NCC)ncnc1N(CCOC)C(C)CC. The van der Waals surface area contributed by atoms with Crippen molar-refractivity contribution in [2.75, 3.05) is 37.0 Å². The van der Waals surface area contributed by atoms with Crippen LogP contribution in [0.25, 0.3) is 0 Å². The average Bonchev–Trinajstić information content (AvgIpc) is 2.50. The maximum absolute atomic E-state index is 5.27. The molecule has 5 nitrogen and oxygen atoms in total. The van der Waals surface area contributed by atoms with Gasteiger partial charge in [0.2, 0.25) is 0 Å². The van der Waals surface area contributed by atoms with Crippen molar-refractivity contribution in [2.45, 2.75) is 53.0 Å². The van der Waals surface area contributed by atoms with Gasteiger partial charge in [-0.3, -0.25) is 0 Å². The molecule has 0 bridgehead atoms. The monoisotopic (exact) mass is 294 g/mol. The third-order valence-electron chi connectivity index (χ3n) is 3.70. The Hall–Kier alpha value is -1.36. The van der Waals surface area contributed by atoms with Crippen LogP contribution in [0.3, 0.4) is 0 Å². The molecule has 0 aliphatic rings. The third kappa shape index (κ3) is 4.84. The topological polar surface area (TPSA) is 50.3 Å². The minimum atomic E-state index is 0.431. The van der Waals surface area contributed by atoms with E-state index in [9.17, 15) is 0 Å². The molecule has 0 radical (unpaired) electrons. The molecule has 1 heterocycles. The molecule has 1 atom stereocenters. The smallest absolute Gasteiger partial charge is 0.137 e. The van der Waals surface area contributed by atoms with Gasteiger partial charge in [-0.25, -0.2) is 9.97 Å². The zero-order valence-electron chi connectivity index (χ0n) is 14.1. The van der Waals surface area contributed by atoms with Crippen LogP contribution in [-0.2, 0) is 11.2 Å². The Bertz CT molecular complexity index is 411. The quantitative estimate of drug-likeness (QED) is 0.718. The highest BCUT2D eigenvalue weighted by molar-refractivity contribution is 5.59. The lowest BCUT2D eigenvalue weighted by Crippen LogP contribution is -2.37. The highest BCUT2D eigenvalue weighted by Gasteiger charge is 2.20. The van der Waals surface area contributed by atoms with E-state index in [0.29, 0.717) is 12.6 Å². The summed E-state index contributed by atoms with van der Waals surface area (Å²) in [6.45, 7) is 11.1. The van der Waals surface area contributed by atoms with Gasteiger partial charge < -0.3 is 15.0 Å². The van der Waals surface area contributed by atoms with Crippen molar-refractivity contribution in [1.29, 1.82) is 0 Å². The second-order valence-electron chi connectivity index (χ2n) is 5.25. The van der Waals surface area contributed by atoms with E-state index >= 15 is 0 Å². The Balaban J connectivity index is 3.17. The van der Waals surface area contributed by atoms with Gasteiger partial charge in [0.1, 0.15) is 18.0 Å². The summed E-state index contributed by atoms with van der Waals surface area (Å²) in [6.07, 6.45) is 4.81. The molecule has 1 unspecified atom stereocenters. The van der Waals surface area contributed by atoms with Gasteiger partial charge in [0, 0.05) is 31.8 Å². The summed E-state index contributed by atoms with van der Waals surface area (Å²) in [5.74, 6) is 2.02. The highest BCUT2D eigenvalue weighted by atomic mass is 16.5. The second-order valence-corrected chi connectivity index (χ2v) is 5.25. The van der Waals surface area contributed by atoms with Crippen molar-refractivity contribution in [3.63, 3.8) is 0 Å². The number of rotatable bonds is 10. The Kier molecular flexibility index (Phi) is 8.05. The van der Waals surface area contributed by atoms with E-state index in [2.05, 4.69) is 47.9 Å². The van der Waals surface area contributed by atoms with Crippen LogP contribution in [0.5, 0.6) is 0 Å². The summed E-state index contributed by atoms with van der Waals surface area (Å²) < 4.78 is 5.27. The highest BCUT2D eigenvalue weighted by Crippen LogP contribution is 2.27. The largest absolute Gasteiger partial charge is 0.383 e. The van der Waals surface area contributed by atoms with Gasteiger partial charge in [-0.15, -0.1) is 0 Å². The maximum atomic E-state index is 5.27. The van der Waals surface area contributed by atoms with Gasteiger partial charge in [0.25, 0.3) is 0 Å². The molecule has 1 rings (SSSR count). The van der Waals surface area contributed by atoms with Crippen molar-refractivity contribution in [3.8, 4) is 0 Å². The molecule has 0 fully saturated rings. The fourth-order valence-corrected chi connectivity index (χ4v) is 2.40. The number of nitrogens with zero attached hydrogens (tertiary/aromatic N) is 3. The van der Waals surface area contributed by atoms with E-state index in [1.165, 1.54) is 5.56 Å². The number of nitrogens with one attached hydrogen (secondary N) is 1. The van der Waals surface area contributed by atoms with E-state index in [1.807, 2.05) is 0 Å². The second kappa shape index (κ2) is 9.55. The lowest BCUT2D eigenvalue weighted by atomic mass is 10.1. The molecule has 0 saturated carbocycles. The van der Waals surface area contributed by atoms with Crippen LogP contribution in [-0.4, -0.2) is 42.8 Å². The van der Waals surface area contributed by atoms with Gasteiger partial charge >= 0.3 is 0 Å².